The summed E-state index contributed by atoms with van der Waals surface area (Å²) in [5.74, 6) is 0.581. The normalized spacial score (nSPS) is 10.7. The second-order valence-corrected chi connectivity index (χ2v) is 8.12. The van der Waals surface area contributed by atoms with E-state index in [1.165, 1.54) is 11.8 Å². The minimum Gasteiger partial charge on any atom is -0.431 e. The van der Waals surface area contributed by atoms with Gasteiger partial charge >= 0.3 is 0 Å². The van der Waals surface area contributed by atoms with E-state index in [2.05, 4.69) is 10.3 Å². The predicted octanol–water partition coefficient (Wildman–Crippen LogP) is 7.05. The SMILES string of the molecule is O=C(CSc1nc(-c2ccccc2)c(-c2ccccc2)o1)Nc1ccc(Cl)cc1Cl. The summed E-state index contributed by atoms with van der Waals surface area (Å²) in [6.45, 7) is 0. The molecule has 0 fully saturated rings. The fourth-order valence-corrected chi connectivity index (χ4v) is 3.92. The Labute approximate surface area is 188 Å². The molecule has 1 aromatic heterocycles. The first-order valence-electron chi connectivity index (χ1n) is 9.09. The van der Waals surface area contributed by atoms with E-state index in [0.29, 0.717) is 26.7 Å². The Bertz CT molecular complexity index is 1110. The lowest BCUT2D eigenvalue weighted by molar-refractivity contribution is -0.113. The highest BCUT2D eigenvalue weighted by Crippen LogP contribution is 2.35. The van der Waals surface area contributed by atoms with Crippen LogP contribution in [0.1, 0.15) is 0 Å². The molecule has 30 heavy (non-hydrogen) atoms. The molecule has 150 valence electrons. The van der Waals surface area contributed by atoms with Gasteiger partial charge in [-0.2, -0.15) is 0 Å². The van der Waals surface area contributed by atoms with Crippen LogP contribution < -0.4 is 5.32 Å². The van der Waals surface area contributed by atoms with Gasteiger partial charge in [0.1, 0.15) is 5.69 Å². The topological polar surface area (TPSA) is 55.1 Å². The van der Waals surface area contributed by atoms with E-state index < -0.39 is 0 Å². The van der Waals surface area contributed by atoms with Gasteiger partial charge in [0.2, 0.25) is 5.91 Å². The van der Waals surface area contributed by atoms with Crippen molar-refractivity contribution in [1.82, 2.24) is 4.98 Å². The minimum absolute atomic E-state index is 0.127. The van der Waals surface area contributed by atoms with Gasteiger partial charge in [0, 0.05) is 16.1 Å². The molecule has 0 aliphatic carbocycles. The third kappa shape index (κ3) is 4.87. The first-order chi connectivity index (χ1) is 14.6. The Balaban J connectivity index is 1.53. The van der Waals surface area contributed by atoms with Crippen LogP contribution in [0.4, 0.5) is 5.69 Å². The van der Waals surface area contributed by atoms with Crippen molar-refractivity contribution in [2.24, 2.45) is 0 Å². The summed E-state index contributed by atoms with van der Waals surface area (Å²) in [4.78, 5) is 17.0. The van der Waals surface area contributed by atoms with Crippen molar-refractivity contribution in [3.63, 3.8) is 0 Å². The highest BCUT2D eigenvalue weighted by molar-refractivity contribution is 7.99. The van der Waals surface area contributed by atoms with E-state index in [1.54, 1.807) is 18.2 Å². The van der Waals surface area contributed by atoms with Gasteiger partial charge in [-0.3, -0.25) is 4.79 Å². The van der Waals surface area contributed by atoms with E-state index in [0.717, 1.165) is 16.8 Å². The van der Waals surface area contributed by atoms with Crippen molar-refractivity contribution < 1.29 is 9.21 Å². The number of halogens is 2. The largest absolute Gasteiger partial charge is 0.431 e. The van der Waals surface area contributed by atoms with Crippen LogP contribution in [0.5, 0.6) is 0 Å². The summed E-state index contributed by atoms with van der Waals surface area (Å²) in [6.07, 6.45) is 0. The lowest BCUT2D eigenvalue weighted by Crippen LogP contribution is -2.14. The minimum atomic E-state index is -0.218. The summed E-state index contributed by atoms with van der Waals surface area (Å²) in [5, 5.41) is 4.09. The van der Waals surface area contributed by atoms with Crippen molar-refractivity contribution in [2.45, 2.75) is 5.22 Å². The van der Waals surface area contributed by atoms with Crippen molar-refractivity contribution in [1.29, 1.82) is 0 Å². The smallest absolute Gasteiger partial charge is 0.257 e. The zero-order chi connectivity index (χ0) is 20.9. The summed E-state index contributed by atoms with van der Waals surface area (Å²) < 4.78 is 6.02. The number of anilines is 1. The summed E-state index contributed by atoms with van der Waals surface area (Å²) in [7, 11) is 0. The number of oxazole rings is 1. The van der Waals surface area contributed by atoms with Gasteiger partial charge in [-0.05, 0) is 18.2 Å². The molecule has 0 radical (unpaired) electrons. The molecule has 4 nitrogen and oxygen atoms in total. The predicted molar refractivity (Wildman–Crippen MR) is 123 cm³/mol. The van der Waals surface area contributed by atoms with Gasteiger partial charge in [-0.25, -0.2) is 4.98 Å². The van der Waals surface area contributed by atoms with E-state index in [9.17, 15) is 4.79 Å². The van der Waals surface area contributed by atoms with E-state index in [4.69, 9.17) is 27.6 Å². The second kappa shape index (κ2) is 9.39. The van der Waals surface area contributed by atoms with Crippen LogP contribution in [0.25, 0.3) is 22.6 Å². The van der Waals surface area contributed by atoms with E-state index in [-0.39, 0.29) is 11.7 Å². The maximum absolute atomic E-state index is 12.4. The molecule has 0 saturated heterocycles. The van der Waals surface area contributed by atoms with Crippen molar-refractivity contribution in [2.75, 3.05) is 11.1 Å². The van der Waals surface area contributed by atoms with Gasteiger partial charge in [0.15, 0.2) is 5.76 Å². The quantitative estimate of drug-likeness (QED) is 0.317. The van der Waals surface area contributed by atoms with Crippen LogP contribution in [0.15, 0.2) is 88.5 Å². The Morgan fingerprint density at radius 2 is 1.60 bits per heavy atom. The molecule has 0 saturated carbocycles. The van der Waals surface area contributed by atoms with Crippen LogP contribution in [-0.2, 0) is 4.79 Å². The molecule has 1 heterocycles. The first kappa shape index (κ1) is 20.5. The number of thioether (sulfide) groups is 1. The molecule has 3 aromatic carbocycles. The monoisotopic (exact) mass is 454 g/mol. The fourth-order valence-electron chi connectivity index (χ4n) is 2.84. The van der Waals surface area contributed by atoms with Crippen LogP contribution in [0.3, 0.4) is 0 Å². The van der Waals surface area contributed by atoms with Gasteiger partial charge in [0.05, 0.1) is 16.5 Å². The Morgan fingerprint density at radius 1 is 0.933 bits per heavy atom. The number of benzene rings is 3. The van der Waals surface area contributed by atoms with Crippen molar-refractivity contribution >= 4 is 46.6 Å². The average Bonchev–Trinajstić information content (AvgIpc) is 3.20. The molecule has 0 aliphatic heterocycles. The summed E-state index contributed by atoms with van der Waals surface area (Å²) >= 11 is 13.2. The van der Waals surface area contributed by atoms with Crippen LogP contribution in [0, 0.1) is 0 Å². The van der Waals surface area contributed by atoms with Crippen molar-refractivity contribution in [3.8, 4) is 22.6 Å². The Kier molecular flexibility index (Phi) is 6.43. The number of hydrogen-bond donors (Lipinski definition) is 1. The van der Waals surface area contributed by atoms with E-state index >= 15 is 0 Å². The highest BCUT2D eigenvalue weighted by Gasteiger charge is 2.18. The number of nitrogens with one attached hydrogen (secondary N) is 1. The molecule has 0 spiro atoms. The molecular formula is C23H16Cl2N2O2S. The molecule has 0 unspecified atom stereocenters. The number of amides is 1. The third-order valence-electron chi connectivity index (χ3n) is 4.22. The van der Waals surface area contributed by atoms with Crippen LogP contribution >= 0.6 is 35.0 Å². The molecule has 0 atom stereocenters. The molecule has 0 bridgehead atoms. The number of carbonyl (C=O) groups is 1. The average molecular weight is 455 g/mol. The molecule has 0 aliphatic rings. The first-order valence-corrected chi connectivity index (χ1v) is 10.8. The van der Waals surface area contributed by atoms with Gasteiger partial charge in [0.25, 0.3) is 5.22 Å². The number of nitrogens with zero attached hydrogens (tertiary/aromatic N) is 1. The number of carbonyl (C=O) groups excluding carboxylic acids is 1. The number of aromatic nitrogens is 1. The fraction of sp³-hybridized carbons (Fsp3) is 0.0435. The number of rotatable bonds is 6. The van der Waals surface area contributed by atoms with Gasteiger partial charge in [-0.15, -0.1) is 0 Å². The molecule has 4 aromatic rings. The molecule has 1 amide bonds. The molecule has 1 N–H and O–H groups in total. The zero-order valence-corrected chi connectivity index (χ0v) is 18.0. The third-order valence-corrected chi connectivity index (χ3v) is 5.60. The second-order valence-electron chi connectivity index (χ2n) is 6.35. The maximum atomic E-state index is 12.4. The standard InChI is InChI=1S/C23H16Cl2N2O2S/c24-17-11-12-19(18(25)13-17)26-20(28)14-30-23-27-21(15-7-3-1-4-8-15)22(29-23)16-9-5-2-6-10-16/h1-13H,14H2,(H,26,28). The summed E-state index contributed by atoms with van der Waals surface area (Å²) in [5.41, 5.74) is 3.12. The highest BCUT2D eigenvalue weighted by atomic mass is 35.5. The maximum Gasteiger partial charge on any atom is 0.257 e. The van der Waals surface area contributed by atoms with Gasteiger partial charge < -0.3 is 9.73 Å². The Morgan fingerprint density at radius 3 is 2.27 bits per heavy atom. The lowest BCUT2D eigenvalue weighted by Gasteiger charge is -2.06. The van der Waals surface area contributed by atoms with Gasteiger partial charge in [-0.1, -0.05) is 95.6 Å². The van der Waals surface area contributed by atoms with Crippen LogP contribution in [0.2, 0.25) is 10.0 Å². The zero-order valence-electron chi connectivity index (χ0n) is 15.6. The lowest BCUT2D eigenvalue weighted by atomic mass is 10.1. The van der Waals surface area contributed by atoms with E-state index in [1.807, 2.05) is 60.7 Å². The summed E-state index contributed by atoms with van der Waals surface area (Å²) in [6, 6.07) is 24.5. The molecule has 4 rings (SSSR count). The van der Waals surface area contributed by atoms with Crippen LogP contribution in [-0.4, -0.2) is 16.6 Å². The molecule has 7 heteroatoms. The number of hydrogen-bond acceptors (Lipinski definition) is 4. The molecular weight excluding hydrogens is 439 g/mol. The Hall–Kier alpha value is -2.73. The van der Waals surface area contributed by atoms with Crippen molar-refractivity contribution in [3.05, 3.63) is 88.9 Å².